The molecule has 1 atom stereocenters. The van der Waals surface area contributed by atoms with E-state index in [2.05, 4.69) is 19.8 Å². The van der Waals surface area contributed by atoms with Gasteiger partial charge in [0, 0.05) is 74.1 Å². The topological polar surface area (TPSA) is 81.8 Å². The van der Waals surface area contributed by atoms with E-state index in [9.17, 15) is 14.0 Å². The van der Waals surface area contributed by atoms with Crippen molar-refractivity contribution in [2.45, 2.75) is 39.2 Å². The number of amides is 1. The maximum atomic E-state index is 14.2. The average molecular weight is 470 g/mol. The number of likely N-dealkylation sites (tertiary alicyclic amines) is 1. The predicted molar refractivity (Wildman–Crippen MR) is 127 cm³/mol. The SMILES string of the molecule is CCOC(=O)N1CC2(CC[C@@H](N3CCN(c4cc(F)cnc4-c4ccc(=O)[nH]c4C)CC3)C2)C1. The van der Waals surface area contributed by atoms with Crippen LogP contribution in [0.5, 0.6) is 0 Å². The molecule has 1 saturated carbocycles. The van der Waals surface area contributed by atoms with Crippen molar-refractivity contribution >= 4 is 11.8 Å². The summed E-state index contributed by atoms with van der Waals surface area (Å²) in [6, 6.07) is 5.31. The van der Waals surface area contributed by atoms with Crippen molar-refractivity contribution < 1.29 is 13.9 Å². The van der Waals surface area contributed by atoms with Gasteiger partial charge < -0.3 is 19.5 Å². The monoisotopic (exact) mass is 469 g/mol. The third-order valence-corrected chi connectivity index (χ3v) is 7.63. The number of aromatic nitrogens is 2. The number of aryl methyl sites for hydroxylation is 1. The van der Waals surface area contributed by atoms with Crippen molar-refractivity contribution in [1.82, 2.24) is 19.8 Å². The lowest BCUT2D eigenvalue weighted by Gasteiger charge is -2.48. The van der Waals surface area contributed by atoms with Crippen molar-refractivity contribution in [3.05, 3.63) is 46.3 Å². The first-order valence-electron chi connectivity index (χ1n) is 12.1. The highest BCUT2D eigenvalue weighted by Crippen LogP contribution is 2.47. The molecule has 1 amide bonds. The molecule has 2 aromatic heterocycles. The van der Waals surface area contributed by atoms with Crippen LogP contribution in [0.15, 0.2) is 29.2 Å². The Bertz CT molecular complexity index is 1120. The molecule has 0 bridgehead atoms. The Labute approximate surface area is 198 Å². The van der Waals surface area contributed by atoms with E-state index in [-0.39, 0.29) is 22.9 Å². The Morgan fingerprint density at radius 1 is 1.26 bits per heavy atom. The summed E-state index contributed by atoms with van der Waals surface area (Å²) in [5, 5.41) is 0. The zero-order chi connectivity index (χ0) is 23.9. The Hall–Kier alpha value is -2.94. The van der Waals surface area contributed by atoms with Crippen molar-refractivity contribution in [1.29, 1.82) is 0 Å². The summed E-state index contributed by atoms with van der Waals surface area (Å²) >= 11 is 0. The molecule has 4 heterocycles. The van der Waals surface area contributed by atoms with Gasteiger partial charge in [-0.1, -0.05) is 0 Å². The molecule has 0 radical (unpaired) electrons. The smallest absolute Gasteiger partial charge is 0.409 e. The van der Waals surface area contributed by atoms with Gasteiger partial charge in [-0.2, -0.15) is 0 Å². The second kappa shape index (κ2) is 9.02. The molecule has 1 N–H and O–H groups in total. The summed E-state index contributed by atoms with van der Waals surface area (Å²) in [7, 11) is 0. The van der Waals surface area contributed by atoms with Crippen molar-refractivity contribution in [3.8, 4) is 11.3 Å². The number of piperazine rings is 1. The van der Waals surface area contributed by atoms with Gasteiger partial charge in [0.2, 0.25) is 5.56 Å². The van der Waals surface area contributed by atoms with E-state index in [1.165, 1.54) is 12.3 Å². The van der Waals surface area contributed by atoms with Crippen LogP contribution in [-0.4, -0.2) is 77.8 Å². The fraction of sp³-hybridized carbons (Fsp3) is 0.560. The number of aromatic amines is 1. The van der Waals surface area contributed by atoms with Crippen LogP contribution >= 0.6 is 0 Å². The first-order valence-corrected chi connectivity index (χ1v) is 12.1. The van der Waals surface area contributed by atoms with Crippen LogP contribution in [-0.2, 0) is 4.74 Å². The highest BCUT2D eigenvalue weighted by molar-refractivity contribution is 5.76. The molecule has 2 saturated heterocycles. The highest BCUT2D eigenvalue weighted by atomic mass is 19.1. The molecular formula is C25H32FN5O3. The molecule has 1 aliphatic carbocycles. The van der Waals surface area contributed by atoms with Crippen LogP contribution < -0.4 is 10.5 Å². The van der Waals surface area contributed by atoms with Crippen LogP contribution in [0, 0.1) is 18.2 Å². The number of rotatable bonds is 4. The predicted octanol–water partition coefficient (Wildman–Crippen LogP) is 3.02. The third kappa shape index (κ3) is 4.29. The Kier molecular flexibility index (Phi) is 6.06. The Morgan fingerprint density at radius 2 is 2.03 bits per heavy atom. The Morgan fingerprint density at radius 3 is 2.74 bits per heavy atom. The molecule has 9 heteroatoms. The first-order chi connectivity index (χ1) is 16.4. The van der Waals surface area contributed by atoms with Gasteiger partial charge in [0.05, 0.1) is 24.2 Å². The molecule has 8 nitrogen and oxygen atoms in total. The maximum absolute atomic E-state index is 14.2. The van der Waals surface area contributed by atoms with E-state index >= 15 is 0 Å². The van der Waals surface area contributed by atoms with Gasteiger partial charge in [-0.25, -0.2) is 9.18 Å². The van der Waals surface area contributed by atoms with Gasteiger partial charge in [0.15, 0.2) is 0 Å². The second-order valence-electron chi connectivity index (χ2n) is 9.86. The number of halogens is 1. The van der Waals surface area contributed by atoms with Crippen LogP contribution in [0.2, 0.25) is 0 Å². The molecule has 3 aliphatic rings. The van der Waals surface area contributed by atoms with Crippen molar-refractivity contribution in [2.75, 3.05) is 50.8 Å². The highest BCUT2D eigenvalue weighted by Gasteiger charge is 2.51. The minimum absolute atomic E-state index is 0.162. The molecule has 182 valence electrons. The van der Waals surface area contributed by atoms with E-state index < -0.39 is 0 Å². The summed E-state index contributed by atoms with van der Waals surface area (Å²) in [6.07, 6.45) is 4.46. The number of nitrogens with zero attached hydrogens (tertiary/aromatic N) is 4. The number of anilines is 1. The van der Waals surface area contributed by atoms with E-state index in [1.54, 1.807) is 12.1 Å². The number of ether oxygens (including phenoxy) is 1. The maximum Gasteiger partial charge on any atom is 0.409 e. The zero-order valence-corrected chi connectivity index (χ0v) is 19.8. The minimum atomic E-state index is -0.364. The van der Waals surface area contributed by atoms with Crippen LogP contribution in [0.4, 0.5) is 14.9 Å². The number of pyridine rings is 2. The molecule has 0 aromatic carbocycles. The lowest BCUT2D eigenvalue weighted by Crippen LogP contribution is -2.58. The molecule has 2 aromatic rings. The average Bonchev–Trinajstić information content (AvgIpc) is 3.25. The third-order valence-electron chi connectivity index (χ3n) is 7.63. The lowest BCUT2D eigenvalue weighted by atomic mass is 9.78. The van der Waals surface area contributed by atoms with Gasteiger partial charge >= 0.3 is 6.09 Å². The molecule has 5 rings (SSSR count). The largest absolute Gasteiger partial charge is 0.450 e. The summed E-state index contributed by atoms with van der Waals surface area (Å²) in [5.41, 5.74) is 3.07. The number of nitrogens with one attached hydrogen (secondary N) is 1. The van der Waals surface area contributed by atoms with Gasteiger partial charge in [-0.3, -0.25) is 14.7 Å². The molecule has 0 unspecified atom stereocenters. The van der Waals surface area contributed by atoms with Crippen molar-refractivity contribution in [2.24, 2.45) is 5.41 Å². The first kappa shape index (κ1) is 22.8. The second-order valence-corrected chi connectivity index (χ2v) is 9.86. The fourth-order valence-electron chi connectivity index (χ4n) is 5.92. The summed E-state index contributed by atoms with van der Waals surface area (Å²) in [4.78, 5) is 37.4. The van der Waals surface area contributed by atoms with Gasteiger partial charge in [-0.05, 0) is 39.2 Å². The van der Waals surface area contributed by atoms with Gasteiger partial charge in [0.25, 0.3) is 0 Å². The lowest BCUT2D eigenvalue weighted by molar-refractivity contribution is -0.00294. The quantitative estimate of drug-likeness (QED) is 0.742. The Balaban J connectivity index is 1.23. The van der Waals surface area contributed by atoms with E-state index in [0.29, 0.717) is 18.3 Å². The molecule has 3 fully saturated rings. The minimum Gasteiger partial charge on any atom is -0.450 e. The number of carbonyl (C=O) groups excluding carboxylic acids is 1. The summed E-state index contributed by atoms with van der Waals surface area (Å²) in [5.74, 6) is -0.364. The normalized spacial score (nSPS) is 22.1. The molecule has 34 heavy (non-hydrogen) atoms. The van der Waals surface area contributed by atoms with E-state index in [4.69, 9.17) is 4.74 Å². The van der Waals surface area contributed by atoms with Gasteiger partial charge in [-0.15, -0.1) is 0 Å². The number of hydrogen-bond acceptors (Lipinski definition) is 6. The summed E-state index contributed by atoms with van der Waals surface area (Å²) < 4.78 is 19.3. The molecule has 2 aliphatic heterocycles. The number of hydrogen-bond donors (Lipinski definition) is 1. The van der Waals surface area contributed by atoms with E-state index in [0.717, 1.165) is 75.5 Å². The molecular weight excluding hydrogens is 437 g/mol. The molecule has 1 spiro atoms. The van der Waals surface area contributed by atoms with E-state index in [1.807, 2.05) is 18.7 Å². The zero-order valence-electron chi connectivity index (χ0n) is 19.8. The standard InChI is InChI=1S/C25H32FN5O3/c1-3-34-24(33)31-15-25(16-31)7-6-19(13-25)29-8-10-30(11-9-29)21-12-18(26)14-27-23(21)20-4-5-22(32)28-17(20)2/h4-5,12,14,19H,3,6-11,13,15-16H2,1-2H3,(H,28,32)/t19-/m1/s1. The van der Waals surface area contributed by atoms with Crippen LogP contribution in [0.1, 0.15) is 31.9 Å². The van der Waals surface area contributed by atoms with Crippen LogP contribution in [0.25, 0.3) is 11.3 Å². The van der Waals surface area contributed by atoms with Gasteiger partial charge in [0.1, 0.15) is 5.82 Å². The number of H-pyrrole nitrogens is 1. The summed E-state index contributed by atoms with van der Waals surface area (Å²) in [6.45, 7) is 9.09. The fourth-order valence-corrected chi connectivity index (χ4v) is 5.92. The van der Waals surface area contributed by atoms with Crippen molar-refractivity contribution in [3.63, 3.8) is 0 Å². The van der Waals surface area contributed by atoms with Crippen LogP contribution in [0.3, 0.4) is 0 Å². The number of carbonyl (C=O) groups is 1.